The summed E-state index contributed by atoms with van der Waals surface area (Å²) in [5, 5.41) is 7.60. The van der Waals surface area contributed by atoms with Crippen molar-refractivity contribution in [2.45, 2.75) is 52.5 Å². The quantitative estimate of drug-likeness (QED) is 0.553. The lowest BCUT2D eigenvalue weighted by molar-refractivity contribution is 0.119. The number of hydrogen-bond donors (Lipinski definition) is 2. The van der Waals surface area contributed by atoms with Crippen LogP contribution in [0.5, 0.6) is 0 Å². The minimum atomic E-state index is -0.0393. The van der Waals surface area contributed by atoms with Gasteiger partial charge in [0, 0.05) is 11.5 Å². The van der Waals surface area contributed by atoms with E-state index in [0.29, 0.717) is 11.9 Å². The summed E-state index contributed by atoms with van der Waals surface area (Å²) in [6.45, 7) is 8.85. The lowest BCUT2D eigenvalue weighted by Crippen LogP contribution is -2.47. The Labute approximate surface area is 93.5 Å². The average Bonchev–Trinajstić information content (AvgIpc) is 2.19. The first-order valence-electron chi connectivity index (χ1n) is 6.08. The molecule has 0 bridgehead atoms. The first kappa shape index (κ1) is 12.5. The van der Waals surface area contributed by atoms with E-state index in [-0.39, 0.29) is 5.41 Å². The second-order valence-electron chi connectivity index (χ2n) is 5.15. The maximum Gasteiger partial charge on any atom is 0.0966 e. The lowest BCUT2D eigenvalue weighted by atomic mass is 9.79. The molecule has 0 amide bonds. The van der Waals surface area contributed by atoms with Crippen molar-refractivity contribution < 1.29 is 0 Å². The van der Waals surface area contributed by atoms with E-state index in [9.17, 15) is 0 Å². The van der Waals surface area contributed by atoms with Crippen LogP contribution in [0.1, 0.15) is 46.5 Å². The molecule has 1 unspecified atom stereocenters. The third kappa shape index (κ3) is 2.94. The van der Waals surface area contributed by atoms with Crippen LogP contribution in [-0.4, -0.2) is 29.9 Å². The first-order chi connectivity index (χ1) is 6.99. The molecule has 3 N–H and O–H groups in total. The van der Waals surface area contributed by atoms with Gasteiger partial charge >= 0.3 is 0 Å². The topological polar surface area (TPSA) is 53.1 Å². The molecule has 3 heteroatoms. The van der Waals surface area contributed by atoms with Crippen molar-refractivity contribution in [1.82, 2.24) is 4.90 Å². The van der Waals surface area contributed by atoms with Gasteiger partial charge in [-0.05, 0) is 39.3 Å². The number of nitrogens with zero attached hydrogens (tertiary/aromatic N) is 1. The summed E-state index contributed by atoms with van der Waals surface area (Å²) in [4.78, 5) is 2.54. The maximum atomic E-state index is 7.60. The fourth-order valence-corrected chi connectivity index (χ4v) is 2.33. The highest BCUT2D eigenvalue weighted by Gasteiger charge is 2.33. The van der Waals surface area contributed by atoms with Crippen LogP contribution in [0, 0.1) is 10.8 Å². The summed E-state index contributed by atoms with van der Waals surface area (Å²) < 4.78 is 0. The zero-order chi connectivity index (χ0) is 11.5. The van der Waals surface area contributed by atoms with Crippen LogP contribution in [0.25, 0.3) is 0 Å². The molecule has 88 valence electrons. The van der Waals surface area contributed by atoms with Gasteiger partial charge in [-0.3, -0.25) is 5.41 Å². The highest BCUT2D eigenvalue weighted by molar-refractivity contribution is 5.83. The van der Waals surface area contributed by atoms with Gasteiger partial charge in [0.1, 0.15) is 0 Å². The lowest BCUT2D eigenvalue weighted by Gasteiger charge is -2.41. The third-order valence-corrected chi connectivity index (χ3v) is 3.88. The zero-order valence-electron chi connectivity index (χ0n) is 10.3. The molecule has 1 atom stereocenters. The normalized spacial score (nSPS) is 23.7. The van der Waals surface area contributed by atoms with Crippen LogP contribution in [0.15, 0.2) is 0 Å². The van der Waals surface area contributed by atoms with Gasteiger partial charge < -0.3 is 10.6 Å². The molecule has 1 fully saturated rings. The van der Waals surface area contributed by atoms with E-state index < -0.39 is 0 Å². The highest BCUT2D eigenvalue weighted by Crippen LogP contribution is 2.31. The molecule has 1 heterocycles. The van der Waals surface area contributed by atoms with Gasteiger partial charge in [-0.25, -0.2) is 0 Å². The molecular weight excluding hydrogens is 186 g/mol. The van der Waals surface area contributed by atoms with Gasteiger partial charge in [0.15, 0.2) is 0 Å². The fourth-order valence-electron chi connectivity index (χ4n) is 2.33. The largest absolute Gasteiger partial charge is 0.387 e. The summed E-state index contributed by atoms with van der Waals surface area (Å²) in [5.74, 6) is 0.366. The first-order valence-corrected chi connectivity index (χ1v) is 6.08. The number of hydrogen-bond acceptors (Lipinski definition) is 2. The van der Waals surface area contributed by atoms with Crippen molar-refractivity contribution >= 4 is 5.84 Å². The minimum absolute atomic E-state index is 0.0393. The summed E-state index contributed by atoms with van der Waals surface area (Å²) in [7, 11) is 0. The molecule has 1 saturated heterocycles. The Bertz CT molecular complexity index is 217. The third-order valence-electron chi connectivity index (χ3n) is 3.88. The van der Waals surface area contributed by atoms with Crippen LogP contribution in [0.3, 0.4) is 0 Å². The van der Waals surface area contributed by atoms with E-state index in [4.69, 9.17) is 11.1 Å². The van der Waals surface area contributed by atoms with Gasteiger partial charge in [0.2, 0.25) is 0 Å². The molecule has 15 heavy (non-hydrogen) atoms. The van der Waals surface area contributed by atoms with E-state index in [1.807, 2.05) is 0 Å². The van der Waals surface area contributed by atoms with E-state index in [1.54, 1.807) is 0 Å². The van der Waals surface area contributed by atoms with E-state index >= 15 is 0 Å². The van der Waals surface area contributed by atoms with Crippen LogP contribution < -0.4 is 5.73 Å². The average molecular weight is 211 g/mol. The molecule has 0 saturated carbocycles. The minimum Gasteiger partial charge on any atom is -0.387 e. The molecule has 0 aromatic heterocycles. The Morgan fingerprint density at radius 1 is 1.47 bits per heavy atom. The van der Waals surface area contributed by atoms with E-state index in [1.165, 1.54) is 12.8 Å². The highest BCUT2D eigenvalue weighted by atomic mass is 15.2. The van der Waals surface area contributed by atoms with Crippen molar-refractivity contribution in [2.75, 3.05) is 13.1 Å². The van der Waals surface area contributed by atoms with Crippen LogP contribution >= 0.6 is 0 Å². The number of rotatable bonds is 4. The molecule has 1 aliphatic rings. The van der Waals surface area contributed by atoms with Gasteiger partial charge in [-0.15, -0.1) is 0 Å². The zero-order valence-corrected chi connectivity index (χ0v) is 10.3. The summed E-state index contributed by atoms with van der Waals surface area (Å²) >= 11 is 0. The second kappa shape index (κ2) is 4.97. The fraction of sp³-hybridized carbons (Fsp3) is 0.917. The predicted molar refractivity (Wildman–Crippen MR) is 65.2 cm³/mol. The van der Waals surface area contributed by atoms with Gasteiger partial charge in [0.25, 0.3) is 0 Å². The summed E-state index contributed by atoms with van der Waals surface area (Å²) in [6, 6.07) is 0.687. The SMILES string of the molecule is CCCC(C)N1CCC(C)(C(=N)N)CC1. The second-order valence-corrected chi connectivity index (χ2v) is 5.15. The van der Waals surface area contributed by atoms with Gasteiger partial charge in [-0.1, -0.05) is 20.3 Å². The molecule has 1 rings (SSSR count). The van der Waals surface area contributed by atoms with Gasteiger partial charge in [-0.2, -0.15) is 0 Å². The Hall–Kier alpha value is -0.570. The summed E-state index contributed by atoms with van der Waals surface area (Å²) in [5.41, 5.74) is 5.61. The summed E-state index contributed by atoms with van der Waals surface area (Å²) in [6.07, 6.45) is 4.60. The predicted octanol–water partition coefficient (Wildman–Crippen LogP) is 2.21. The molecule has 1 aliphatic heterocycles. The number of likely N-dealkylation sites (tertiary alicyclic amines) is 1. The molecule has 0 aromatic carbocycles. The number of piperidine rings is 1. The van der Waals surface area contributed by atoms with Crippen molar-refractivity contribution in [1.29, 1.82) is 5.41 Å². The molecule has 0 radical (unpaired) electrons. The van der Waals surface area contributed by atoms with Crippen molar-refractivity contribution in [3.05, 3.63) is 0 Å². The van der Waals surface area contributed by atoms with Crippen LogP contribution in [0.2, 0.25) is 0 Å². The molecule has 0 aliphatic carbocycles. The van der Waals surface area contributed by atoms with Crippen molar-refractivity contribution in [3.8, 4) is 0 Å². The Morgan fingerprint density at radius 2 is 2.00 bits per heavy atom. The monoisotopic (exact) mass is 211 g/mol. The smallest absolute Gasteiger partial charge is 0.0966 e. The maximum absolute atomic E-state index is 7.60. The van der Waals surface area contributed by atoms with E-state index in [0.717, 1.165) is 25.9 Å². The van der Waals surface area contributed by atoms with Crippen molar-refractivity contribution in [2.24, 2.45) is 11.1 Å². The van der Waals surface area contributed by atoms with Crippen LogP contribution in [-0.2, 0) is 0 Å². The van der Waals surface area contributed by atoms with Crippen LogP contribution in [0.4, 0.5) is 0 Å². The Balaban J connectivity index is 2.45. The Morgan fingerprint density at radius 3 is 2.40 bits per heavy atom. The number of nitrogens with one attached hydrogen (secondary N) is 1. The number of amidine groups is 1. The number of nitrogens with two attached hydrogens (primary N) is 1. The van der Waals surface area contributed by atoms with E-state index in [2.05, 4.69) is 25.7 Å². The van der Waals surface area contributed by atoms with Gasteiger partial charge in [0.05, 0.1) is 5.84 Å². The van der Waals surface area contributed by atoms with Crippen molar-refractivity contribution in [3.63, 3.8) is 0 Å². The Kier molecular flexibility index (Phi) is 4.14. The molecule has 0 aromatic rings. The molecular formula is C12H25N3. The molecule has 3 nitrogen and oxygen atoms in total. The molecule has 0 spiro atoms. The standard InChI is InChI=1S/C12H25N3/c1-4-5-10(2)15-8-6-12(3,7-9-15)11(13)14/h10H,4-9H2,1-3H3,(H3,13,14).